The Bertz CT molecular complexity index is 1120. The Morgan fingerprint density at radius 2 is 1.82 bits per heavy atom. The summed E-state index contributed by atoms with van der Waals surface area (Å²) >= 11 is 6.04. The number of benzene rings is 2. The summed E-state index contributed by atoms with van der Waals surface area (Å²) in [5.74, 6) is 0.647. The molecule has 5 nitrogen and oxygen atoms in total. The second-order valence-electron chi connectivity index (χ2n) is 6.69. The molecule has 4 aromatic rings. The zero-order chi connectivity index (χ0) is 19.1. The lowest BCUT2D eigenvalue weighted by molar-refractivity contribution is 0.0717. The quantitative estimate of drug-likeness (QED) is 0.530. The van der Waals surface area contributed by atoms with Crippen molar-refractivity contribution >= 4 is 17.5 Å². The van der Waals surface area contributed by atoms with E-state index in [-0.39, 0.29) is 11.9 Å². The van der Waals surface area contributed by atoms with E-state index in [4.69, 9.17) is 16.0 Å². The summed E-state index contributed by atoms with van der Waals surface area (Å²) in [5.41, 5.74) is 4.10. The predicted molar refractivity (Wildman–Crippen MR) is 106 cm³/mol. The molecule has 0 fully saturated rings. The zero-order valence-corrected chi connectivity index (χ0v) is 15.6. The number of furan rings is 1. The van der Waals surface area contributed by atoms with Gasteiger partial charge in [-0.05, 0) is 29.8 Å². The van der Waals surface area contributed by atoms with E-state index in [1.807, 2.05) is 71.6 Å². The average Bonchev–Trinajstić information content (AvgIpc) is 3.43. The number of aromatic nitrogens is 2. The molecule has 0 radical (unpaired) electrons. The first kappa shape index (κ1) is 16.8. The molecule has 1 unspecified atom stereocenters. The van der Waals surface area contributed by atoms with Crippen molar-refractivity contribution in [2.75, 3.05) is 0 Å². The summed E-state index contributed by atoms with van der Waals surface area (Å²) in [4.78, 5) is 15.0. The number of amides is 1. The first-order valence-corrected chi connectivity index (χ1v) is 9.32. The standard InChI is InChI=1S/C22H16ClN3O2/c23-16-10-8-14(9-11-16)19-18-20(25-24-19)22(27)26(13-17-7-4-12-28-17)21(18)15-5-2-1-3-6-15/h1-12,21H,13H2,(H,24,25). The molecule has 1 atom stereocenters. The van der Waals surface area contributed by atoms with Crippen molar-refractivity contribution in [3.8, 4) is 11.3 Å². The van der Waals surface area contributed by atoms with Gasteiger partial charge in [-0.3, -0.25) is 9.89 Å². The fraction of sp³-hybridized carbons (Fsp3) is 0.0909. The molecule has 3 heterocycles. The number of nitrogens with zero attached hydrogens (tertiary/aromatic N) is 2. The van der Waals surface area contributed by atoms with Crippen LogP contribution in [-0.4, -0.2) is 21.0 Å². The van der Waals surface area contributed by atoms with E-state index in [0.717, 1.165) is 28.1 Å². The van der Waals surface area contributed by atoms with Crippen molar-refractivity contribution < 1.29 is 9.21 Å². The van der Waals surface area contributed by atoms with Gasteiger partial charge in [-0.15, -0.1) is 0 Å². The van der Waals surface area contributed by atoms with E-state index in [1.165, 1.54) is 0 Å². The number of aromatic amines is 1. The fourth-order valence-corrected chi connectivity index (χ4v) is 3.87. The highest BCUT2D eigenvalue weighted by Gasteiger charge is 2.42. The van der Waals surface area contributed by atoms with Gasteiger partial charge in [0.1, 0.15) is 11.5 Å². The minimum absolute atomic E-state index is 0.0898. The Hall–Kier alpha value is -3.31. The first-order valence-electron chi connectivity index (χ1n) is 8.95. The Labute approximate surface area is 166 Å². The van der Waals surface area contributed by atoms with Gasteiger partial charge in [-0.25, -0.2) is 0 Å². The molecule has 2 aromatic carbocycles. The molecule has 0 aliphatic carbocycles. The third kappa shape index (κ3) is 2.72. The highest BCUT2D eigenvalue weighted by molar-refractivity contribution is 6.30. The van der Waals surface area contributed by atoms with Gasteiger partial charge in [0, 0.05) is 16.1 Å². The van der Waals surface area contributed by atoms with Crippen LogP contribution in [0.25, 0.3) is 11.3 Å². The van der Waals surface area contributed by atoms with Crippen LogP contribution in [0.3, 0.4) is 0 Å². The molecule has 6 heteroatoms. The SMILES string of the molecule is O=C1c2[nH]nc(-c3ccc(Cl)cc3)c2C(c2ccccc2)N1Cc1ccco1. The van der Waals surface area contributed by atoms with Crippen LogP contribution in [0.1, 0.15) is 33.4 Å². The highest BCUT2D eigenvalue weighted by atomic mass is 35.5. The van der Waals surface area contributed by atoms with Gasteiger partial charge in [-0.2, -0.15) is 5.10 Å². The molecule has 0 saturated heterocycles. The maximum atomic E-state index is 13.2. The Balaban J connectivity index is 1.65. The predicted octanol–water partition coefficient (Wildman–Crippen LogP) is 5.07. The summed E-state index contributed by atoms with van der Waals surface area (Å²) in [6, 6.07) is 20.9. The second kappa shape index (κ2) is 6.69. The van der Waals surface area contributed by atoms with Crippen LogP contribution in [-0.2, 0) is 6.54 Å². The van der Waals surface area contributed by atoms with Crippen molar-refractivity contribution in [2.45, 2.75) is 12.6 Å². The third-order valence-electron chi connectivity index (χ3n) is 5.00. The lowest BCUT2D eigenvalue weighted by atomic mass is 9.96. The van der Waals surface area contributed by atoms with Crippen LogP contribution in [0.4, 0.5) is 0 Å². The van der Waals surface area contributed by atoms with Gasteiger partial charge in [0.25, 0.3) is 5.91 Å². The molecular weight excluding hydrogens is 374 g/mol. The van der Waals surface area contributed by atoms with Crippen LogP contribution in [0.2, 0.25) is 5.02 Å². The van der Waals surface area contributed by atoms with Crippen molar-refractivity contribution in [1.29, 1.82) is 0 Å². The number of carbonyl (C=O) groups excluding carboxylic acids is 1. The Morgan fingerprint density at radius 1 is 1.04 bits per heavy atom. The lowest BCUT2D eigenvalue weighted by Crippen LogP contribution is -2.28. The minimum Gasteiger partial charge on any atom is -0.467 e. The molecule has 1 aliphatic heterocycles. The normalized spacial score (nSPS) is 15.8. The summed E-state index contributed by atoms with van der Waals surface area (Å²) in [5, 5.41) is 8.07. The van der Waals surface area contributed by atoms with Crippen molar-refractivity contribution in [3.05, 3.63) is 101 Å². The molecule has 0 saturated carbocycles. The summed E-state index contributed by atoms with van der Waals surface area (Å²) in [6.45, 7) is 0.383. The summed E-state index contributed by atoms with van der Waals surface area (Å²) < 4.78 is 5.50. The van der Waals surface area contributed by atoms with Crippen LogP contribution in [0.15, 0.2) is 77.4 Å². The van der Waals surface area contributed by atoms with Crippen LogP contribution in [0.5, 0.6) is 0 Å². The van der Waals surface area contributed by atoms with E-state index in [1.54, 1.807) is 6.26 Å². The van der Waals surface area contributed by atoms with Crippen molar-refractivity contribution in [2.24, 2.45) is 0 Å². The van der Waals surface area contributed by atoms with Crippen molar-refractivity contribution in [3.63, 3.8) is 0 Å². The topological polar surface area (TPSA) is 62.1 Å². The molecule has 5 rings (SSSR count). The maximum absolute atomic E-state index is 13.2. The molecule has 1 N–H and O–H groups in total. The molecule has 0 spiro atoms. The van der Waals surface area contributed by atoms with Gasteiger partial charge in [0.2, 0.25) is 0 Å². The smallest absolute Gasteiger partial charge is 0.273 e. The summed E-state index contributed by atoms with van der Waals surface area (Å²) in [6.07, 6.45) is 1.62. The Morgan fingerprint density at radius 3 is 2.54 bits per heavy atom. The van der Waals surface area contributed by atoms with Gasteiger partial charge in [-0.1, -0.05) is 54.1 Å². The van der Waals surface area contributed by atoms with E-state index in [0.29, 0.717) is 17.3 Å². The van der Waals surface area contributed by atoms with Gasteiger partial charge >= 0.3 is 0 Å². The third-order valence-corrected chi connectivity index (χ3v) is 5.26. The van der Waals surface area contributed by atoms with E-state index in [2.05, 4.69) is 10.2 Å². The highest BCUT2D eigenvalue weighted by Crippen LogP contribution is 2.43. The van der Waals surface area contributed by atoms with Crippen molar-refractivity contribution in [1.82, 2.24) is 15.1 Å². The molecule has 1 aliphatic rings. The average molecular weight is 390 g/mol. The number of hydrogen-bond donors (Lipinski definition) is 1. The van der Waals surface area contributed by atoms with E-state index < -0.39 is 0 Å². The van der Waals surface area contributed by atoms with Gasteiger partial charge < -0.3 is 9.32 Å². The second-order valence-corrected chi connectivity index (χ2v) is 7.13. The Kier molecular flexibility index (Phi) is 4.02. The molecule has 138 valence electrons. The number of H-pyrrole nitrogens is 1. The van der Waals surface area contributed by atoms with Gasteiger partial charge in [0.05, 0.1) is 24.5 Å². The summed E-state index contributed by atoms with van der Waals surface area (Å²) in [7, 11) is 0. The molecular formula is C22H16ClN3O2. The van der Waals surface area contributed by atoms with E-state index in [9.17, 15) is 4.79 Å². The monoisotopic (exact) mass is 389 g/mol. The number of halogens is 1. The van der Waals surface area contributed by atoms with Crippen LogP contribution in [0, 0.1) is 0 Å². The molecule has 1 amide bonds. The first-order chi connectivity index (χ1) is 13.7. The fourth-order valence-electron chi connectivity index (χ4n) is 3.74. The number of nitrogens with one attached hydrogen (secondary N) is 1. The number of fused-ring (bicyclic) bond motifs is 1. The maximum Gasteiger partial charge on any atom is 0.273 e. The molecule has 28 heavy (non-hydrogen) atoms. The van der Waals surface area contributed by atoms with Crippen LogP contribution < -0.4 is 0 Å². The number of rotatable bonds is 4. The lowest BCUT2D eigenvalue weighted by Gasteiger charge is -2.25. The zero-order valence-electron chi connectivity index (χ0n) is 14.8. The number of carbonyl (C=O) groups is 1. The van der Waals surface area contributed by atoms with Gasteiger partial charge in [0.15, 0.2) is 0 Å². The molecule has 0 bridgehead atoms. The van der Waals surface area contributed by atoms with Crippen LogP contribution >= 0.6 is 11.6 Å². The largest absolute Gasteiger partial charge is 0.467 e. The number of hydrogen-bond acceptors (Lipinski definition) is 3. The van der Waals surface area contributed by atoms with E-state index >= 15 is 0 Å². The minimum atomic E-state index is -0.252. The molecule has 2 aromatic heterocycles.